The summed E-state index contributed by atoms with van der Waals surface area (Å²) in [5, 5.41) is 0.788. The molecule has 7 nitrogen and oxygen atoms in total. The number of hydrogen-bond acceptors (Lipinski definition) is 7. The first-order chi connectivity index (χ1) is 21.1. The van der Waals surface area contributed by atoms with Crippen LogP contribution in [0.1, 0.15) is 44.5 Å². The van der Waals surface area contributed by atoms with Crippen molar-refractivity contribution in [3.8, 4) is 28.0 Å². The van der Waals surface area contributed by atoms with E-state index < -0.39 is 21.9 Å². The Morgan fingerprint density at radius 3 is 2.57 bits per heavy atom. The van der Waals surface area contributed by atoms with Crippen LogP contribution >= 0.6 is 0 Å². The number of halogens is 1. The summed E-state index contributed by atoms with van der Waals surface area (Å²) in [5.41, 5.74) is 5.01. The van der Waals surface area contributed by atoms with Crippen LogP contribution in [0.25, 0.3) is 33.2 Å². The molecule has 0 amide bonds. The lowest BCUT2D eigenvalue weighted by Crippen LogP contribution is -2.39. The van der Waals surface area contributed by atoms with Gasteiger partial charge in [0.2, 0.25) is 0 Å². The largest absolute Gasteiger partial charge is 0.598 e. The first-order valence-electron chi connectivity index (χ1n) is 14.4. The first kappa shape index (κ1) is 31.3. The predicted molar refractivity (Wildman–Crippen MR) is 171 cm³/mol. The summed E-state index contributed by atoms with van der Waals surface area (Å²) in [5.74, 6) is -0.297. The Labute approximate surface area is 259 Å². The number of aromatic nitrogens is 1. The molecule has 0 spiro atoms. The molecule has 0 saturated heterocycles. The van der Waals surface area contributed by atoms with E-state index in [1.807, 2.05) is 87.5 Å². The van der Waals surface area contributed by atoms with E-state index in [1.165, 1.54) is 6.20 Å². The zero-order valence-electron chi connectivity index (χ0n) is 25.2. The maximum Gasteiger partial charge on any atom is 0.310 e. The summed E-state index contributed by atoms with van der Waals surface area (Å²) in [6.45, 7) is 7.76. The summed E-state index contributed by atoms with van der Waals surface area (Å²) in [6, 6.07) is 22.9. The van der Waals surface area contributed by atoms with E-state index in [-0.39, 0.29) is 31.2 Å². The van der Waals surface area contributed by atoms with E-state index in [0.29, 0.717) is 34.6 Å². The van der Waals surface area contributed by atoms with Gasteiger partial charge in [-0.25, -0.2) is 4.39 Å². The van der Waals surface area contributed by atoms with Crippen LogP contribution < -0.4 is 9.46 Å². The van der Waals surface area contributed by atoms with Crippen LogP contribution in [0.15, 0.2) is 89.7 Å². The Morgan fingerprint density at radius 2 is 1.82 bits per heavy atom. The smallest absolute Gasteiger partial charge is 0.310 e. The molecule has 2 aromatic heterocycles. The molecule has 0 saturated carbocycles. The molecule has 2 heterocycles. The van der Waals surface area contributed by atoms with Gasteiger partial charge in [-0.3, -0.25) is 9.78 Å². The highest BCUT2D eigenvalue weighted by atomic mass is 32.2. The third-order valence-corrected chi connectivity index (χ3v) is 8.52. The highest BCUT2D eigenvalue weighted by molar-refractivity contribution is 7.90. The van der Waals surface area contributed by atoms with Crippen molar-refractivity contribution in [1.29, 1.82) is 0 Å². The third-order valence-electron chi connectivity index (χ3n) is 7.00. The summed E-state index contributed by atoms with van der Waals surface area (Å²) in [4.78, 5) is 16.6. The number of hydrogen-bond donors (Lipinski definition) is 1. The van der Waals surface area contributed by atoms with Crippen molar-refractivity contribution < 1.29 is 27.6 Å². The fraction of sp³-hybridized carbons (Fsp3) is 0.257. The second-order valence-electron chi connectivity index (χ2n) is 11.3. The molecule has 1 N–H and O–H groups in total. The second kappa shape index (κ2) is 13.6. The third kappa shape index (κ3) is 7.30. The van der Waals surface area contributed by atoms with Gasteiger partial charge in [0.25, 0.3) is 0 Å². The van der Waals surface area contributed by atoms with Crippen LogP contribution in [-0.2, 0) is 40.5 Å². The molecule has 44 heavy (non-hydrogen) atoms. The van der Waals surface area contributed by atoms with Crippen molar-refractivity contribution in [3.05, 3.63) is 108 Å². The van der Waals surface area contributed by atoms with E-state index in [1.54, 1.807) is 19.3 Å². The van der Waals surface area contributed by atoms with Crippen molar-refractivity contribution in [1.82, 2.24) is 9.71 Å². The zero-order valence-corrected chi connectivity index (χ0v) is 26.0. The Balaban J connectivity index is 1.46. The monoisotopic (exact) mass is 614 g/mol. The first-order valence-corrected chi connectivity index (χ1v) is 15.5. The molecule has 1 unspecified atom stereocenters. The molecule has 228 valence electrons. The van der Waals surface area contributed by atoms with Crippen molar-refractivity contribution in [2.45, 2.75) is 52.0 Å². The summed E-state index contributed by atoms with van der Waals surface area (Å²) in [7, 11) is 0. The highest BCUT2D eigenvalue weighted by Gasteiger charge is 2.27. The summed E-state index contributed by atoms with van der Waals surface area (Å²) < 4.78 is 48.0. The Kier molecular flexibility index (Phi) is 9.68. The van der Waals surface area contributed by atoms with Gasteiger partial charge in [0, 0.05) is 39.6 Å². The minimum Gasteiger partial charge on any atom is -0.598 e. The molecule has 5 aromatic rings. The van der Waals surface area contributed by atoms with E-state index in [2.05, 4.69) is 9.71 Å². The van der Waals surface area contributed by atoms with Crippen LogP contribution in [0.2, 0.25) is 0 Å². The average Bonchev–Trinajstić information content (AvgIpc) is 3.48. The van der Waals surface area contributed by atoms with Crippen LogP contribution in [-0.4, -0.2) is 26.9 Å². The number of furan rings is 1. The molecule has 0 aliphatic carbocycles. The molecule has 0 radical (unpaired) electrons. The van der Waals surface area contributed by atoms with Gasteiger partial charge >= 0.3 is 5.97 Å². The van der Waals surface area contributed by atoms with E-state index in [9.17, 15) is 9.35 Å². The molecule has 9 heteroatoms. The molecule has 0 aliphatic heterocycles. The average molecular weight is 615 g/mol. The van der Waals surface area contributed by atoms with Gasteiger partial charge in [0.1, 0.15) is 22.7 Å². The van der Waals surface area contributed by atoms with Crippen LogP contribution in [0.3, 0.4) is 0 Å². The Morgan fingerprint density at radius 1 is 1.02 bits per heavy atom. The molecule has 0 fully saturated rings. The second-order valence-corrected chi connectivity index (χ2v) is 13.3. The summed E-state index contributed by atoms with van der Waals surface area (Å²) >= 11 is -1.38. The van der Waals surface area contributed by atoms with Gasteiger partial charge in [-0.1, -0.05) is 42.5 Å². The Bertz CT molecular complexity index is 1750. The number of esters is 1. The standard InChI is InChI=1S/C35H35FN2O5S/c1-5-41-32(39)20-26-12-11-25(24-9-7-6-8-10-24)19-31(26)43-22-23-17-27-14-16-42-34(27)29(18-23)28-13-15-37-30(33(28)36)21-38-44(40)35(2,3)4/h6-19,38H,5,20-22H2,1-4H3. The van der Waals surface area contributed by atoms with Gasteiger partial charge in [-0.2, -0.15) is 0 Å². The van der Waals surface area contributed by atoms with Crippen molar-refractivity contribution in [3.63, 3.8) is 0 Å². The van der Waals surface area contributed by atoms with Crippen molar-refractivity contribution in [2.24, 2.45) is 0 Å². The number of fused-ring (bicyclic) bond motifs is 1. The van der Waals surface area contributed by atoms with E-state index in [4.69, 9.17) is 13.9 Å². The van der Waals surface area contributed by atoms with Gasteiger partial charge < -0.3 is 18.4 Å². The fourth-order valence-electron chi connectivity index (χ4n) is 4.77. The number of carbonyl (C=O) groups is 1. The van der Waals surface area contributed by atoms with Gasteiger partial charge in [-0.15, -0.1) is 4.72 Å². The van der Waals surface area contributed by atoms with Crippen LogP contribution in [0.5, 0.6) is 5.75 Å². The van der Waals surface area contributed by atoms with Crippen molar-refractivity contribution in [2.75, 3.05) is 6.61 Å². The van der Waals surface area contributed by atoms with Gasteiger partial charge in [0.05, 0.1) is 31.5 Å². The maximum atomic E-state index is 15.8. The lowest BCUT2D eigenvalue weighted by Gasteiger charge is -2.23. The fourth-order valence-corrected chi connectivity index (χ4v) is 5.47. The molecule has 5 rings (SSSR count). The number of carbonyl (C=O) groups excluding carboxylic acids is 1. The molecular weight excluding hydrogens is 579 g/mol. The SMILES string of the molecule is CCOC(=O)Cc1ccc(-c2ccccc2)cc1OCc1cc(-c2ccnc(CN[S+]([O-])C(C)(C)C)c2F)c2occc2c1. The van der Waals surface area contributed by atoms with Gasteiger partial charge in [-0.05, 0) is 74.7 Å². The normalized spacial score (nSPS) is 12.3. The maximum absolute atomic E-state index is 15.8. The van der Waals surface area contributed by atoms with Crippen LogP contribution in [0, 0.1) is 5.82 Å². The number of benzene rings is 3. The van der Waals surface area contributed by atoms with Crippen molar-refractivity contribution >= 4 is 28.3 Å². The summed E-state index contributed by atoms with van der Waals surface area (Å²) in [6.07, 6.45) is 3.17. The minimum absolute atomic E-state index is 0.00858. The molecule has 0 aliphatic rings. The molecule has 1 atom stereocenters. The highest BCUT2D eigenvalue weighted by Crippen LogP contribution is 2.35. The Hall–Kier alpha value is -4.18. The topological polar surface area (TPSA) is 96.7 Å². The minimum atomic E-state index is -1.38. The molecule has 0 bridgehead atoms. The number of rotatable bonds is 11. The quantitative estimate of drug-likeness (QED) is 0.121. The van der Waals surface area contributed by atoms with E-state index in [0.717, 1.165) is 22.1 Å². The zero-order chi connectivity index (χ0) is 31.3. The number of nitrogens with zero attached hydrogens (tertiary/aromatic N) is 1. The molecule has 3 aromatic carbocycles. The lowest BCUT2D eigenvalue weighted by atomic mass is 10.00. The van der Waals surface area contributed by atoms with Gasteiger partial charge in [0.15, 0.2) is 5.82 Å². The predicted octanol–water partition coefficient (Wildman–Crippen LogP) is 7.54. The van der Waals surface area contributed by atoms with Crippen LogP contribution in [0.4, 0.5) is 4.39 Å². The number of pyridine rings is 1. The number of ether oxygens (including phenoxy) is 2. The number of nitrogens with one attached hydrogen (secondary N) is 1. The molecular formula is C35H35FN2O5S. The van der Waals surface area contributed by atoms with E-state index >= 15 is 4.39 Å². The lowest BCUT2D eigenvalue weighted by molar-refractivity contribution is -0.142.